The Morgan fingerprint density at radius 2 is 1.93 bits per heavy atom. The molecule has 30 heavy (non-hydrogen) atoms. The summed E-state index contributed by atoms with van der Waals surface area (Å²) in [5.41, 5.74) is -0.0437. The number of hydrogen-bond acceptors (Lipinski definition) is 5. The van der Waals surface area contributed by atoms with Gasteiger partial charge in [0.15, 0.2) is 0 Å². The molecular weight excluding hydrogens is 380 g/mol. The molecule has 0 atom stereocenters. The van der Waals surface area contributed by atoms with Crippen LogP contribution in [0.25, 0.3) is 0 Å². The molecule has 2 heterocycles. The Bertz CT molecular complexity index is 887. The van der Waals surface area contributed by atoms with Crippen molar-refractivity contribution >= 4 is 11.7 Å². The largest absolute Gasteiger partial charge is 0.388 e. The molecule has 1 saturated heterocycles. The number of carbonyl (C=O) groups excluding carboxylic acids is 1. The van der Waals surface area contributed by atoms with Crippen LogP contribution in [0.5, 0.6) is 0 Å². The summed E-state index contributed by atoms with van der Waals surface area (Å²) in [7, 11) is 0. The number of hydrogen-bond donors (Lipinski definition) is 2. The van der Waals surface area contributed by atoms with Gasteiger partial charge in [-0.25, -0.2) is 4.98 Å². The number of nitrogens with one attached hydrogen (secondary N) is 1. The molecule has 1 aliphatic heterocycles. The molecule has 1 aromatic heterocycles. The number of rotatable bonds is 8. The molecule has 1 aliphatic rings. The fourth-order valence-electron chi connectivity index (χ4n) is 3.65. The summed E-state index contributed by atoms with van der Waals surface area (Å²) < 4.78 is 1.45. The van der Waals surface area contributed by atoms with Gasteiger partial charge in [-0.2, -0.15) is 0 Å². The van der Waals surface area contributed by atoms with E-state index in [2.05, 4.69) is 24.1 Å². The van der Waals surface area contributed by atoms with Gasteiger partial charge in [-0.05, 0) is 30.7 Å². The average Bonchev–Trinajstić information content (AvgIpc) is 2.73. The molecule has 1 amide bonds. The Balaban J connectivity index is 1.50. The minimum Gasteiger partial charge on any atom is -0.388 e. The average molecular weight is 413 g/mol. The van der Waals surface area contributed by atoms with E-state index in [1.165, 1.54) is 17.0 Å². The van der Waals surface area contributed by atoms with Crippen LogP contribution in [-0.2, 0) is 17.8 Å². The molecule has 7 heteroatoms. The molecule has 0 bridgehead atoms. The summed E-state index contributed by atoms with van der Waals surface area (Å²) in [6.45, 7) is 6.11. The highest BCUT2D eigenvalue weighted by Gasteiger charge is 2.34. The lowest BCUT2D eigenvalue weighted by Crippen LogP contribution is -2.49. The molecule has 162 valence electrons. The highest BCUT2D eigenvalue weighted by molar-refractivity contribution is 5.76. The van der Waals surface area contributed by atoms with Crippen LogP contribution in [0.3, 0.4) is 0 Å². The molecule has 0 saturated carbocycles. The van der Waals surface area contributed by atoms with E-state index >= 15 is 0 Å². The Labute approximate surface area is 177 Å². The minimum atomic E-state index is -1.01. The van der Waals surface area contributed by atoms with E-state index in [1.807, 2.05) is 35.2 Å². The molecule has 3 rings (SSSR count). The molecule has 0 unspecified atom stereocenters. The lowest BCUT2D eigenvalue weighted by Gasteiger charge is -2.38. The molecule has 0 aliphatic carbocycles. The summed E-state index contributed by atoms with van der Waals surface area (Å²) >= 11 is 0. The normalized spacial score (nSPS) is 15.9. The summed E-state index contributed by atoms with van der Waals surface area (Å²) in [4.78, 5) is 31.0. The van der Waals surface area contributed by atoms with Crippen LogP contribution in [0.4, 0.5) is 5.82 Å². The summed E-state index contributed by atoms with van der Waals surface area (Å²) in [6, 6.07) is 11.4. The zero-order valence-electron chi connectivity index (χ0n) is 17.9. The molecule has 1 fully saturated rings. The van der Waals surface area contributed by atoms with Gasteiger partial charge < -0.3 is 15.3 Å². The Kier molecular flexibility index (Phi) is 7.26. The van der Waals surface area contributed by atoms with Crippen molar-refractivity contribution in [2.45, 2.75) is 51.7 Å². The minimum absolute atomic E-state index is 0.111. The maximum Gasteiger partial charge on any atom is 0.255 e. The van der Waals surface area contributed by atoms with Gasteiger partial charge in [-0.3, -0.25) is 14.2 Å². The standard InChI is InChI=1S/C23H32N4O3/c1-18(2)15-24-20-14-22(29)27(17-25-20)16-23(30)10-12-26(13-11-23)21(28)9-8-19-6-4-3-5-7-19/h3-7,14,17-18,24,30H,8-13,15-16H2,1-2H3. The van der Waals surface area contributed by atoms with Crippen molar-refractivity contribution in [2.24, 2.45) is 5.92 Å². The van der Waals surface area contributed by atoms with Gasteiger partial charge in [-0.1, -0.05) is 44.2 Å². The van der Waals surface area contributed by atoms with E-state index in [4.69, 9.17) is 0 Å². The van der Waals surface area contributed by atoms with Crippen LogP contribution in [-0.4, -0.2) is 50.7 Å². The highest BCUT2D eigenvalue weighted by Crippen LogP contribution is 2.24. The third-order valence-electron chi connectivity index (χ3n) is 5.55. The van der Waals surface area contributed by atoms with Gasteiger partial charge in [0.25, 0.3) is 5.56 Å². The SMILES string of the molecule is CC(C)CNc1cc(=O)n(CC2(O)CCN(C(=O)CCc3ccccc3)CC2)cn1. The Hall–Kier alpha value is -2.67. The fraction of sp³-hybridized carbons (Fsp3) is 0.522. The van der Waals surface area contributed by atoms with Crippen molar-refractivity contribution in [3.8, 4) is 0 Å². The third-order valence-corrected chi connectivity index (χ3v) is 5.55. The molecule has 0 radical (unpaired) electrons. The number of likely N-dealkylation sites (tertiary alicyclic amines) is 1. The van der Waals surface area contributed by atoms with Crippen LogP contribution in [0, 0.1) is 5.92 Å². The van der Waals surface area contributed by atoms with Crippen molar-refractivity contribution in [2.75, 3.05) is 25.0 Å². The predicted octanol–water partition coefficient (Wildman–Crippen LogP) is 2.30. The maximum atomic E-state index is 12.5. The van der Waals surface area contributed by atoms with Gasteiger partial charge in [0.2, 0.25) is 5.91 Å². The van der Waals surface area contributed by atoms with Gasteiger partial charge in [0.1, 0.15) is 5.82 Å². The van der Waals surface area contributed by atoms with E-state index in [-0.39, 0.29) is 18.0 Å². The summed E-state index contributed by atoms with van der Waals surface area (Å²) in [5, 5.41) is 14.1. The van der Waals surface area contributed by atoms with Crippen LogP contribution < -0.4 is 10.9 Å². The van der Waals surface area contributed by atoms with E-state index in [1.54, 1.807) is 0 Å². The molecular formula is C23H32N4O3. The zero-order valence-corrected chi connectivity index (χ0v) is 17.9. The molecule has 1 aromatic carbocycles. The van der Waals surface area contributed by atoms with Crippen LogP contribution in [0.2, 0.25) is 0 Å². The third kappa shape index (κ3) is 6.16. The van der Waals surface area contributed by atoms with Crippen LogP contribution in [0.15, 0.2) is 47.5 Å². The molecule has 2 N–H and O–H groups in total. The van der Waals surface area contributed by atoms with Gasteiger partial charge in [-0.15, -0.1) is 0 Å². The van der Waals surface area contributed by atoms with E-state index in [0.29, 0.717) is 44.1 Å². The number of piperidine rings is 1. The number of carbonyl (C=O) groups is 1. The number of aromatic nitrogens is 2. The monoisotopic (exact) mass is 412 g/mol. The lowest BCUT2D eigenvalue weighted by molar-refractivity contribution is -0.135. The Morgan fingerprint density at radius 3 is 2.57 bits per heavy atom. The van der Waals surface area contributed by atoms with E-state index in [0.717, 1.165) is 18.5 Å². The molecule has 0 spiro atoms. The topological polar surface area (TPSA) is 87.5 Å². The lowest BCUT2D eigenvalue weighted by atomic mass is 9.91. The summed E-state index contributed by atoms with van der Waals surface area (Å²) in [5.74, 6) is 1.12. The first-order valence-electron chi connectivity index (χ1n) is 10.7. The second-order valence-electron chi connectivity index (χ2n) is 8.61. The molecule has 7 nitrogen and oxygen atoms in total. The van der Waals surface area contributed by atoms with Crippen LogP contribution >= 0.6 is 0 Å². The maximum absolute atomic E-state index is 12.5. The molecule has 2 aromatic rings. The predicted molar refractivity (Wildman–Crippen MR) is 117 cm³/mol. The van der Waals surface area contributed by atoms with Gasteiger partial charge in [0.05, 0.1) is 18.5 Å². The second kappa shape index (κ2) is 9.89. The van der Waals surface area contributed by atoms with E-state index in [9.17, 15) is 14.7 Å². The summed E-state index contributed by atoms with van der Waals surface area (Å²) in [6.07, 6.45) is 3.57. The van der Waals surface area contributed by atoms with E-state index < -0.39 is 5.60 Å². The quantitative estimate of drug-likeness (QED) is 0.695. The first-order chi connectivity index (χ1) is 14.3. The van der Waals surface area contributed by atoms with Crippen molar-refractivity contribution in [1.29, 1.82) is 0 Å². The van der Waals surface area contributed by atoms with Gasteiger partial charge >= 0.3 is 0 Å². The second-order valence-corrected chi connectivity index (χ2v) is 8.61. The van der Waals surface area contributed by atoms with Gasteiger partial charge in [0, 0.05) is 32.1 Å². The van der Waals surface area contributed by atoms with Crippen molar-refractivity contribution in [3.05, 3.63) is 58.6 Å². The first-order valence-corrected chi connectivity index (χ1v) is 10.7. The Morgan fingerprint density at radius 1 is 1.23 bits per heavy atom. The zero-order chi connectivity index (χ0) is 21.6. The van der Waals surface area contributed by atoms with Crippen molar-refractivity contribution in [1.82, 2.24) is 14.5 Å². The smallest absolute Gasteiger partial charge is 0.255 e. The number of nitrogens with zero attached hydrogens (tertiary/aromatic N) is 3. The number of aliphatic hydroxyl groups is 1. The van der Waals surface area contributed by atoms with Crippen LogP contribution in [0.1, 0.15) is 38.7 Å². The van der Waals surface area contributed by atoms with Crippen molar-refractivity contribution in [3.63, 3.8) is 0 Å². The number of benzene rings is 1. The number of amides is 1. The number of aryl methyl sites for hydroxylation is 1. The highest BCUT2D eigenvalue weighted by atomic mass is 16.3. The first kappa shape index (κ1) is 22.0. The fourth-order valence-corrected chi connectivity index (χ4v) is 3.65. The number of anilines is 1. The van der Waals surface area contributed by atoms with Crippen molar-refractivity contribution < 1.29 is 9.90 Å².